The lowest BCUT2D eigenvalue weighted by Gasteiger charge is -2.17. The van der Waals surface area contributed by atoms with Crippen LogP contribution in [0.5, 0.6) is 0 Å². The largest absolute Gasteiger partial charge is 0.478 e. The fraction of sp³-hybridized carbons (Fsp3) is 0.533. The van der Waals surface area contributed by atoms with Gasteiger partial charge in [0.25, 0.3) is 0 Å². The smallest absolute Gasteiger partial charge is 0.335 e. The van der Waals surface area contributed by atoms with Crippen molar-refractivity contribution in [3.8, 4) is 0 Å². The SMILES string of the molecule is CCN(CC)CCSCc1ccc(C(=O)O)cc1C. The van der Waals surface area contributed by atoms with Crippen LogP contribution in [0.4, 0.5) is 0 Å². The predicted octanol–water partition coefficient (Wildman–Crippen LogP) is 3.27. The van der Waals surface area contributed by atoms with Crippen molar-refractivity contribution in [1.29, 1.82) is 0 Å². The summed E-state index contributed by atoms with van der Waals surface area (Å²) in [5.41, 5.74) is 2.67. The van der Waals surface area contributed by atoms with Gasteiger partial charge in [0.2, 0.25) is 0 Å². The minimum absolute atomic E-state index is 0.370. The maximum atomic E-state index is 10.9. The van der Waals surface area contributed by atoms with Crippen LogP contribution in [-0.4, -0.2) is 41.4 Å². The Morgan fingerprint density at radius 3 is 2.53 bits per heavy atom. The van der Waals surface area contributed by atoms with Gasteiger partial charge in [-0.15, -0.1) is 0 Å². The van der Waals surface area contributed by atoms with Crippen molar-refractivity contribution in [2.45, 2.75) is 26.5 Å². The number of aryl methyl sites for hydroxylation is 1. The molecule has 0 saturated heterocycles. The zero-order valence-corrected chi connectivity index (χ0v) is 12.8. The van der Waals surface area contributed by atoms with Gasteiger partial charge < -0.3 is 10.0 Å². The Balaban J connectivity index is 2.43. The highest BCUT2D eigenvalue weighted by molar-refractivity contribution is 7.98. The minimum Gasteiger partial charge on any atom is -0.478 e. The number of rotatable bonds is 8. The van der Waals surface area contributed by atoms with Crippen LogP contribution in [0.3, 0.4) is 0 Å². The van der Waals surface area contributed by atoms with E-state index in [0.29, 0.717) is 5.56 Å². The van der Waals surface area contributed by atoms with Crippen LogP contribution in [0.1, 0.15) is 35.3 Å². The van der Waals surface area contributed by atoms with Crippen molar-refractivity contribution in [3.63, 3.8) is 0 Å². The Morgan fingerprint density at radius 1 is 1.32 bits per heavy atom. The molecule has 0 radical (unpaired) electrons. The maximum Gasteiger partial charge on any atom is 0.335 e. The minimum atomic E-state index is -0.858. The molecule has 3 nitrogen and oxygen atoms in total. The summed E-state index contributed by atoms with van der Waals surface area (Å²) in [6.07, 6.45) is 0. The first-order chi connectivity index (χ1) is 9.08. The van der Waals surface area contributed by atoms with E-state index in [9.17, 15) is 4.79 Å². The van der Waals surface area contributed by atoms with Gasteiger partial charge in [0, 0.05) is 18.1 Å². The molecular weight excluding hydrogens is 258 g/mol. The van der Waals surface area contributed by atoms with Crippen molar-refractivity contribution in [3.05, 3.63) is 34.9 Å². The quantitative estimate of drug-likeness (QED) is 0.742. The van der Waals surface area contributed by atoms with E-state index in [1.165, 1.54) is 5.56 Å². The molecule has 1 aromatic carbocycles. The molecule has 0 bridgehead atoms. The topological polar surface area (TPSA) is 40.5 Å². The van der Waals surface area contributed by atoms with E-state index < -0.39 is 5.97 Å². The molecule has 1 N–H and O–H groups in total. The second kappa shape index (κ2) is 8.23. The number of carbonyl (C=O) groups is 1. The summed E-state index contributed by atoms with van der Waals surface area (Å²) in [7, 11) is 0. The fourth-order valence-corrected chi connectivity index (χ4v) is 2.98. The zero-order valence-electron chi connectivity index (χ0n) is 12.0. The lowest BCUT2D eigenvalue weighted by atomic mass is 10.1. The molecule has 1 aromatic rings. The average Bonchev–Trinajstić information content (AvgIpc) is 2.40. The van der Waals surface area contributed by atoms with Gasteiger partial charge in [0.15, 0.2) is 0 Å². The van der Waals surface area contributed by atoms with Crippen LogP contribution in [-0.2, 0) is 5.75 Å². The number of thioether (sulfide) groups is 1. The number of aromatic carboxylic acids is 1. The van der Waals surface area contributed by atoms with Gasteiger partial charge in [-0.2, -0.15) is 11.8 Å². The van der Waals surface area contributed by atoms with E-state index in [1.54, 1.807) is 12.1 Å². The normalized spacial score (nSPS) is 10.9. The summed E-state index contributed by atoms with van der Waals surface area (Å²) in [6.45, 7) is 9.66. The Hall–Kier alpha value is -1.00. The molecule has 0 unspecified atom stereocenters. The summed E-state index contributed by atoms with van der Waals surface area (Å²) >= 11 is 1.90. The number of benzene rings is 1. The van der Waals surface area contributed by atoms with Crippen molar-refractivity contribution in [2.24, 2.45) is 0 Å². The van der Waals surface area contributed by atoms with Gasteiger partial charge >= 0.3 is 5.97 Å². The molecule has 0 amide bonds. The van der Waals surface area contributed by atoms with Crippen LogP contribution in [0.25, 0.3) is 0 Å². The highest BCUT2D eigenvalue weighted by Gasteiger charge is 2.06. The Bertz CT molecular complexity index is 417. The van der Waals surface area contributed by atoms with Gasteiger partial charge in [-0.05, 0) is 43.3 Å². The Labute approximate surface area is 120 Å². The van der Waals surface area contributed by atoms with Crippen molar-refractivity contribution in [2.75, 3.05) is 25.4 Å². The Kier molecular flexibility index (Phi) is 6.95. The van der Waals surface area contributed by atoms with Crippen LogP contribution >= 0.6 is 11.8 Å². The molecule has 1 rings (SSSR count). The van der Waals surface area contributed by atoms with Gasteiger partial charge in [-0.1, -0.05) is 19.9 Å². The fourth-order valence-electron chi connectivity index (χ4n) is 1.91. The lowest BCUT2D eigenvalue weighted by molar-refractivity contribution is 0.0697. The first kappa shape index (κ1) is 16.1. The van der Waals surface area contributed by atoms with Crippen LogP contribution in [0, 0.1) is 6.92 Å². The van der Waals surface area contributed by atoms with Crippen molar-refractivity contribution >= 4 is 17.7 Å². The molecule has 0 atom stereocenters. The summed E-state index contributed by atoms with van der Waals surface area (Å²) in [6, 6.07) is 5.38. The molecule has 0 saturated carbocycles. The summed E-state index contributed by atoms with van der Waals surface area (Å²) in [5.74, 6) is 1.21. The zero-order chi connectivity index (χ0) is 14.3. The molecule has 0 heterocycles. The number of hydrogen-bond acceptors (Lipinski definition) is 3. The van der Waals surface area contributed by atoms with Crippen LogP contribution in [0.2, 0.25) is 0 Å². The first-order valence-corrected chi connectivity index (χ1v) is 7.86. The molecule has 0 aliphatic rings. The molecule has 0 fully saturated rings. The third kappa shape index (κ3) is 5.25. The third-order valence-corrected chi connectivity index (χ3v) is 4.28. The van der Waals surface area contributed by atoms with Crippen molar-refractivity contribution < 1.29 is 9.90 Å². The van der Waals surface area contributed by atoms with Crippen molar-refractivity contribution in [1.82, 2.24) is 4.90 Å². The van der Waals surface area contributed by atoms with Gasteiger partial charge in [-0.25, -0.2) is 4.79 Å². The number of nitrogens with zero attached hydrogens (tertiary/aromatic N) is 1. The predicted molar refractivity (Wildman–Crippen MR) is 82.1 cm³/mol. The molecule has 0 spiro atoms. The standard InChI is InChI=1S/C15H23NO2S/c1-4-16(5-2)8-9-19-11-14-7-6-13(15(17)18)10-12(14)3/h6-7,10H,4-5,8-9,11H2,1-3H3,(H,17,18). The molecule has 4 heteroatoms. The van der Waals surface area contributed by atoms with E-state index in [0.717, 1.165) is 36.7 Å². The van der Waals surface area contributed by atoms with E-state index in [2.05, 4.69) is 18.7 Å². The number of carboxylic acids is 1. The monoisotopic (exact) mass is 281 g/mol. The van der Waals surface area contributed by atoms with Gasteiger partial charge in [0.1, 0.15) is 0 Å². The molecule has 0 aliphatic heterocycles. The summed E-state index contributed by atoms with van der Waals surface area (Å²) in [5, 5.41) is 8.92. The van der Waals surface area contributed by atoms with Crippen LogP contribution in [0.15, 0.2) is 18.2 Å². The molecule has 106 valence electrons. The maximum absolute atomic E-state index is 10.9. The van der Waals surface area contributed by atoms with Gasteiger partial charge in [-0.3, -0.25) is 0 Å². The summed E-state index contributed by atoms with van der Waals surface area (Å²) < 4.78 is 0. The van der Waals surface area contributed by atoms with E-state index in [-0.39, 0.29) is 0 Å². The number of carboxylic acid groups (broad SMARTS) is 1. The van der Waals surface area contributed by atoms with Gasteiger partial charge in [0.05, 0.1) is 5.56 Å². The molecule has 19 heavy (non-hydrogen) atoms. The molecule has 0 aromatic heterocycles. The molecular formula is C15H23NO2S. The first-order valence-electron chi connectivity index (χ1n) is 6.71. The lowest BCUT2D eigenvalue weighted by Crippen LogP contribution is -2.25. The van der Waals surface area contributed by atoms with Crippen LogP contribution < -0.4 is 0 Å². The molecule has 0 aliphatic carbocycles. The average molecular weight is 281 g/mol. The van der Waals surface area contributed by atoms with E-state index in [4.69, 9.17) is 5.11 Å². The second-order valence-electron chi connectivity index (χ2n) is 4.53. The second-order valence-corrected chi connectivity index (χ2v) is 5.63. The highest BCUT2D eigenvalue weighted by atomic mass is 32.2. The van der Waals surface area contributed by atoms with E-state index >= 15 is 0 Å². The summed E-state index contributed by atoms with van der Waals surface area (Å²) in [4.78, 5) is 13.3. The third-order valence-electron chi connectivity index (χ3n) is 3.29. The number of hydrogen-bond donors (Lipinski definition) is 1. The Morgan fingerprint density at radius 2 is 2.00 bits per heavy atom. The van der Waals surface area contributed by atoms with E-state index in [1.807, 2.05) is 24.8 Å². The highest BCUT2D eigenvalue weighted by Crippen LogP contribution is 2.18.